The quantitative estimate of drug-likeness (QED) is 0.438. The van der Waals surface area contributed by atoms with Crippen molar-refractivity contribution in [3.63, 3.8) is 0 Å². The second-order valence-electron chi connectivity index (χ2n) is 7.74. The van der Waals surface area contributed by atoms with E-state index in [0.717, 1.165) is 39.6 Å². The smallest absolute Gasteiger partial charge is 0.339 e. The fraction of sp³-hybridized carbons (Fsp3) is 0.273. The van der Waals surface area contributed by atoms with Crippen molar-refractivity contribution in [2.75, 3.05) is 6.54 Å². The van der Waals surface area contributed by atoms with Gasteiger partial charge >= 0.3 is 5.69 Å². The van der Waals surface area contributed by atoms with Crippen LogP contribution in [0.1, 0.15) is 29.5 Å². The van der Waals surface area contributed by atoms with Gasteiger partial charge in [-0.3, -0.25) is 4.57 Å². The van der Waals surface area contributed by atoms with Crippen molar-refractivity contribution in [1.82, 2.24) is 24.5 Å². The normalized spacial score (nSPS) is 14.2. The highest BCUT2D eigenvalue weighted by Gasteiger charge is 2.29. The van der Waals surface area contributed by atoms with Crippen LogP contribution in [0.25, 0.3) is 21.8 Å². The molecule has 1 aromatic carbocycles. The third kappa shape index (κ3) is 4.19. The van der Waals surface area contributed by atoms with Crippen LogP contribution in [0.4, 0.5) is 4.39 Å². The molecule has 5 rings (SSSR count). The van der Waals surface area contributed by atoms with Crippen molar-refractivity contribution in [2.24, 2.45) is 5.73 Å². The first-order valence-corrected chi connectivity index (χ1v) is 11.1. The Labute approximate surface area is 186 Å². The number of rotatable bonds is 8. The van der Waals surface area contributed by atoms with Crippen molar-refractivity contribution >= 4 is 11.3 Å². The molecule has 1 aliphatic rings. The van der Waals surface area contributed by atoms with Gasteiger partial charge in [0.1, 0.15) is 6.33 Å². The summed E-state index contributed by atoms with van der Waals surface area (Å²) in [5.74, 6) is 1.77. The zero-order chi connectivity index (χ0) is 22.1. The molecule has 0 saturated heterocycles. The van der Waals surface area contributed by atoms with Crippen LogP contribution in [0.2, 0.25) is 0 Å². The molecule has 32 heavy (non-hydrogen) atoms. The maximum absolute atomic E-state index is 12.7. The maximum Gasteiger partial charge on any atom is 0.346 e. The predicted molar refractivity (Wildman–Crippen MR) is 119 cm³/mol. The molecule has 1 aliphatic carbocycles. The van der Waals surface area contributed by atoms with Gasteiger partial charge in [0.15, 0.2) is 0 Å². The Morgan fingerprint density at radius 1 is 1.22 bits per heavy atom. The zero-order valence-electron chi connectivity index (χ0n) is 17.1. The van der Waals surface area contributed by atoms with Gasteiger partial charge in [0.2, 0.25) is 11.7 Å². The van der Waals surface area contributed by atoms with E-state index in [1.54, 1.807) is 11.3 Å². The molecule has 0 bridgehead atoms. The van der Waals surface area contributed by atoms with Gasteiger partial charge in [-0.15, -0.1) is 11.3 Å². The lowest BCUT2D eigenvalue weighted by atomic mass is 10.1. The van der Waals surface area contributed by atoms with Gasteiger partial charge in [-0.05, 0) is 36.1 Å². The monoisotopic (exact) mass is 452 g/mol. The first-order chi connectivity index (χ1) is 15.6. The van der Waals surface area contributed by atoms with Crippen LogP contribution in [0.15, 0.2) is 63.9 Å². The Morgan fingerprint density at radius 2 is 2.00 bits per heavy atom. The van der Waals surface area contributed by atoms with E-state index < -0.39 is 0 Å². The topological polar surface area (TPSA) is 105 Å². The van der Waals surface area contributed by atoms with Crippen LogP contribution >= 0.6 is 11.3 Å². The van der Waals surface area contributed by atoms with Crippen LogP contribution in [-0.4, -0.2) is 31.0 Å². The first kappa shape index (κ1) is 20.5. The third-order valence-corrected chi connectivity index (χ3v) is 6.47. The van der Waals surface area contributed by atoms with E-state index in [1.807, 2.05) is 36.4 Å². The molecule has 0 atom stereocenters. The molecular weight excluding hydrogens is 431 g/mol. The van der Waals surface area contributed by atoms with E-state index in [1.165, 1.54) is 15.6 Å². The minimum absolute atomic E-state index is 0.0390. The number of benzene rings is 1. The van der Waals surface area contributed by atoms with Crippen molar-refractivity contribution in [1.29, 1.82) is 0 Å². The standard InChI is InChI=1S/C22H21FN6O2S/c23-9-14(10-24)11-29-22(30)28(13-25-29)12-18-7-8-19(32-18)15-1-3-16(4-2-15)20-26-21(31-27-20)17-5-6-17/h1-4,7-9,13,17H,5-6,10-12,24H2/b14-9+. The van der Waals surface area contributed by atoms with Crippen molar-refractivity contribution in [3.05, 3.63) is 75.9 Å². The molecule has 1 fully saturated rings. The molecule has 3 aromatic heterocycles. The highest BCUT2D eigenvalue weighted by Crippen LogP contribution is 2.39. The van der Waals surface area contributed by atoms with Gasteiger partial charge in [-0.1, -0.05) is 29.4 Å². The minimum Gasteiger partial charge on any atom is -0.339 e. The van der Waals surface area contributed by atoms with Crippen molar-refractivity contribution in [3.8, 4) is 21.8 Å². The van der Waals surface area contributed by atoms with Gasteiger partial charge < -0.3 is 10.3 Å². The summed E-state index contributed by atoms with van der Waals surface area (Å²) in [4.78, 5) is 19.1. The number of thiophene rings is 1. The Bertz CT molecular complexity index is 1310. The lowest BCUT2D eigenvalue weighted by Gasteiger charge is -2.01. The molecule has 0 spiro atoms. The highest BCUT2D eigenvalue weighted by molar-refractivity contribution is 7.15. The Hall–Kier alpha value is -3.37. The van der Waals surface area contributed by atoms with Crippen molar-refractivity contribution in [2.45, 2.75) is 31.8 Å². The van der Waals surface area contributed by atoms with E-state index in [-0.39, 0.29) is 18.8 Å². The molecule has 0 radical (unpaired) electrons. The molecule has 0 unspecified atom stereocenters. The lowest BCUT2D eigenvalue weighted by molar-refractivity contribution is 0.380. The van der Waals surface area contributed by atoms with E-state index in [9.17, 15) is 9.18 Å². The van der Waals surface area contributed by atoms with Crippen LogP contribution < -0.4 is 11.4 Å². The molecule has 0 amide bonds. The Morgan fingerprint density at radius 3 is 2.72 bits per heavy atom. The van der Waals surface area contributed by atoms with Gasteiger partial charge in [0.25, 0.3) is 0 Å². The average Bonchev–Trinajstić information content (AvgIpc) is 3.21. The van der Waals surface area contributed by atoms with Crippen LogP contribution in [-0.2, 0) is 13.1 Å². The van der Waals surface area contributed by atoms with E-state index in [2.05, 4.69) is 15.2 Å². The summed E-state index contributed by atoms with van der Waals surface area (Å²) in [5.41, 5.74) is 7.45. The van der Waals surface area contributed by atoms with Crippen LogP contribution in [0.5, 0.6) is 0 Å². The number of nitrogens with zero attached hydrogens (tertiary/aromatic N) is 5. The van der Waals surface area contributed by atoms with Gasteiger partial charge in [-0.25, -0.2) is 13.9 Å². The summed E-state index contributed by atoms with van der Waals surface area (Å²) in [7, 11) is 0. The zero-order valence-corrected chi connectivity index (χ0v) is 18.0. The molecule has 8 nitrogen and oxygen atoms in total. The van der Waals surface area contributed by atoms with Gasteiger partial charge in [-0.2, -0.15) is 10.1 Å². The SMILES string of the molecule is NC/C(=C\F)Cn1ncn(Cc2ccc(-c3ccc(-c4noc(C5CC5)n4)cc3)s2)c1=O. The summed E-state index contributed by atoms with van der Waals surface area (Å²) in [6, 6.07) is 12.0. The number of aromatic nitrogens is 5. The minimum atomic E-state index is -0.303. The second-order valence-corrected chi connectivity index (χ2v) is 8.91. The fourth-order valence-corrected chi connectivity index (χ4v) is 4.35. The summed E-state index contributed by atoms with van der Waals surface area (Å²) in [6.45, 7) is 0.479. The Balaban J connectivity index is 1.28. The summed E-state index contributed by atoms with van der Waals surface area (Å²) >= 11 is 1.60. The van der Waals surface area contributed by atoms with E-state index in [4.69, 9.17) is 10.3 Å². The molecule has 3 heterocycles. The highest BCUT2D eigenvalue weighted by atomic mass is 32.1. The predicted octanol–water partition coefficient (Wildman–Crippen LogP) is 3.56. The second kappa shape index (κ2) is 8.64. The first-order valence-electron chi connectivity index (χ1n) is 10.3. The number of nitrogens with two attached hydrogens (primary N) is 1. The molecule has 4 aromatic rings. The van der Waals surface area contributed by atoms with E-state index >= 15 is 0 Å². The molecule has 0 aliphatic heterocycles. The van der Waals surface area contributed by atoms with Gasteiger partial charge in [0, 0.05) is 27.8 Å². The molecule has 2 N–H and O–H groups in total. The third-order valence-electron chi connectivity index (χ3n) is 5.35. The molecular formula is C22H21FN6O2S. The van der Waals surface area contributed by atoms with Crippen LogP contribution in [0.3, 0.4) is 0 Å². The molecule has 164 valence electrons. The molecule has 1 saturated carbocycles. The largest absolute Gasteiger partial charge is 0.346 e. The van der Waals surface area contributed by atoms with E-state index in [0.29, 0.717) is 30.2 Å². The number of hydrogen-bond acceptors (Lipinski definition) is 7. The number of halogens is 1. The molecule has 10 heteroatoms. The average molecular weight is 453 g/mol. The van der Waals surface area contributed by atoms with Crippen LogP contribution in [0, 0.1) is 0 Å². The Kier molecular flexibility index (Phi) is 5.54. The lowest BCUT2D eigenvalue weighted by Crippen LogP contribution is -2.26. The van der Waals surface area contributed by atoms with Crippen molar-refractivity contribution < 1.29 is 8.91 Å². The summed E-state index contributed by atoms with van der Waals surface area (Å²) in [6.07, 6.45) is 4.13. The summed E-state index contributed by atoms with van der Waals surface area (Å²) < 4.78 is 20.8. The van der Waals surface area contributed by atoms with Gasteiger partial charge in [0.05, 0.1) is 19.4 Å². The number of hydrogen-bond donors (Lipinski definition) is 1. The summed E-state index contributed by atoms with van der Waals surface area (Å²) in [5, 5.41) is 8.14. The fourth-order valence-electron chi connectivity index (χ4n) is 3.34. The maximum atomic E-state index is 12.7.